The first kappa shape index (κ1) is 13.8. The van der Waals surface area contributed by atoms with Crippen molar-refractivity contribution < 1.29 is 9.21 Å². The molecule has 0 unspecified atom stereocenters. The number of carbonyl (C=O) groups is 1. The molecule has 1 fully saturated rings. The van der Waals surface area contributed by atoms with Gasteiger partial charge in [0.25, 0.3) is 0 Å². The van der Waals surface area contributed by atoms with E-state index in [1.165, 1.54) is 0 Å². The van der Waals surface area contributed by atoms with E-state index >= 15 is 0 Å². The third-order valence-corrected chi connectivity index (χ3v) is 3.42. The molecule has 19 heavy (non-hydrogen) atoms. The number of amides is 1. The van der Waals surface area contributed by atoms with Crippen molar-refractivity contribution in [2.75, 3.05) is 13.1 Å². The second-order valence-corrected chi connectivity index (χ2v) is 5.23. The van der Waals surface area contributed by atoms with Gasteiger partial charge in [-0.25, -0.2) is 0 Å². The summed E-state index contributed by atoms with van der Waals surface area (Å²) in [5.74, 6) is 2.06. The average Bonchev–Trinajstić information content (AvgIpc) is 2.89. The summed E-state index contributed by atoms with van der Waals surface area (Å²) in [5, 5.41) is 8.20. The number of carbonyl (C=O) groups excluding carboxylic acids is 1. The van der Waals surface area contributed by atoms with E-state index in [2.05, 4.69) is 10.2 Å². The molecule has 0 spiro atoms. The maximum atomic E-state index is 11.7. The molecule has 0 saturated carbocycles. The molecule has 0 radical (unpaired) electrons. The number of likely N-dealkylation sites (tertiary alicyclic amines) is 1. The van der Waals surface area contributed by atoms with Gasteiger partial charge in [0.15, 0.2) is 0 Å². The van der Waals surface area contributed by atoms with E-state index in [4.69, 9.17) is 4.42 Å². The topological polar surface area (TPSA) is 59.2 Å². The van der Waals surface area contributed by atoms with Crippen LogP contribution in [0.3, 0.4) is 0 Å². The minimum Gasteiger partial charge on any atom is -0.425 e. The highest BCUT2D eigenvalue weighted by Crippen LogP contribution is 2.28. The summed E-state index contributed by atoms with van der Waals surface area (Å²) in [7, 11) is 0. The third kappa shape index (κ3) is 3.22. The summed E-state index contributed by atoms with van der Waals surface area (Å²) >= 11 is 0. The van der Waals surface area contributed by atoms with E-state index in [1.54, 1.807) is 12.2 Å². The van der Waals surface area contributed by atoms with E-state index in [-0.39, 0.29) is 17.7 Å². The molecule has 1 aliphatic heterocycles. The first-order valence-electron chi connectivity index (χ1n) is 6.86. The Kier molecular flexibility index (Phi) is 4.35. The fraction of sp³-hybridized carbons (Fsp3) is 0.643. The fourth-order valence-electron chi connectivity index (χ4n) is 2.24. The zero-order chi connectivity index (χ0) is 13.8. The van der Waals surface area contributed by atoms with Gasteiger partial charge in [0.2, 0.25) is 17.7 Å². The van der Waals surface area contributed by atoms with Gasteiger partial charge < -0.3 is 9.32 Å². The predicted octanol–water partition coefficient (Wildman–Crippen LogP) is 2.48. The average molecular weight is 263 g/mol. The number of hydrogen-bond donors (Lipinski definition) is 0. The highest BCUT2D eigenvalue weighted by atomic mass is 16.4. The van der Waals surface area contributed by atoms with Crippen LogP contribution < -0.4 is 0 Å². The van der Waals surface area contributed by atoms with E-state index in [0.717, 1.165) is 31.8 Å². The fourth-order valence-corrected chi connectivity index (χ4v) is 2.24. The van der Waals surface area contributed by atoms with E-state index in [9.17, 15) is 4.79 Å². The maximum absolute atomic E-state index is 11.7. The molecule has 0 N–H and O–H groups in total. The van der Waals surface area contributed by atoms with Crippen LogP contribution >= 0.6 is 0 Å². The van der Waals surface area contributed by atoms with Crippen molar-refractivity contribution >= 4 is 5.91 Å². The number of hydrogen-bond acceptors (Lipinski definition) is 4. The molecule has 1 aromatic rings. The molecule has 0 aromatic carbocycles. The van der Waals surface area contributed by atoms with Crippen LogP contribution in [0.5, 0.6) is 0 Å². The number of nitrogens with zero attached hydrogens (tertiary/aromatic N) is 3. The Morgan fingerprint density at radius 1 is 1.37 bits per heavy atom. The van der Waals surface area contributed by atoms with Gasteiger partial charge >= 0.3 is 0 Å². The van der Waals surface area contributed by atoms with Gasteiger partial charge in [-0.3, -0.25) is 4.79 Å². The van der Waals surface area contributed by atoms with Gasteiger partial charge in [0, 0.05) is 24.9 Å². The Bertz CT molecular complexity index is 457. The SMILES string of the molecule is C/C=C/C(=O)N1CCC(c2nnc(C(C)C)o2)CC1. The summed E-state index contributed by atoms with van der Waals surface area (Å²) in [6, 6.07) is 0. The van der Waals surface area contributed by atoms with Crippen LogP contribution in [0.1, 0.15) is 57.2 Å². The van der Waals surface area contributed by atoms with Crippen LogP contribution in [-0.2, 0) is 4.79 Å². The third-order valence-electron chi connectivity index (χ3n) is 3.42. The van der Waals surface area contributed by atoms with Crippen LogP contribution in [0, 0.1) is 0 Å². The van der Waals surface area contributed by atoms with Crippen LogP contribution in [0.15, 0.2) is 16.6 Å². The van der Waals surface area contributed by atoms with Crippen molar-refractivity contribution in [3.63, 3.8) is 0 Å². The minimum atomic E-state index is 0.0920. The highest BCUT2D eigenvalue weighted by Gasteiger charge is 2.26. The van der Waals surface area contributed by atoms with Crippen molar-refractivity contribution in [2.24, 2.45) is 0 Å². The number of allylic oxidation sites excluding steroid dienone is 1. The van der Waals surface area contributed by atoms with Crippen molar-refractivity contribution in [1.82, 2.24) is 15.1 Å². The van der Waals surface area contributed by atoms with Crippen LogP contribution in [0.25, 0.3) is 0 Å². The lowest BCUT2D eigenvalue weighted by molar-refractivity contribution is -0.127. The maximum Gasteiger partial charge on any atom is 0.246 e. The van der Waals surface area contributed by atoms with E-state index in [1.807, 2.05) is 25.7 Å². The molecule has 0 atom stereocenters. The molecule has 1 aromatic heterocycles. The van der Waals surface area contributed by atoms with Crippen molar-refractivity contribution in [3.05, 3.63) is 23.9 Å². The van der Waals surface area contributed by atoms with E-state index < -0.39 is 0 Å². The first-order chi connectivity index (χ1) is 9.11. The molecule has 0 bridgehead atoms. The number of aromatic nitrogens is 2. The monoisotopic (exact) mass is 263 g/mol. The predicted molar refractivity (Wildman–Crippen MR) is 71.8 cm³/mol. The zero-order valence-electron chi connectivity index (χ0n) is 11.8. The second kappa shape index (κ2) is 5.99. The summed E-state index contributed by atoms with van der Waals surface area (Å²) in [4.78, 5) is 13.6. The molecule has 2 rings (SSSR count). The quantitative estimate of drug-likeness (QED) is 0.786. The van der Waals surface area contributed by atoms with Crippen LogP contribution in [0.4, 0.5) is 0 Å². The Morgan fingerprint density at radius 2 is 2.05 bits per heavy atom. The molecule has 1 aliphatic rings. The lowest BCUT2D eigenvalue weighted by Crippen LogP contribution is -2.36. The van der Waals surface area contributed by atoms with Crippen LogP contribution in [0.2, 0.25) is 0 Å². The Hall–Kier alpha value is -1.65. The molecular formula is C14H21N3O2. The van der Waals surface area contributed by atoms with Crippen LogP contribution in [-0.4, -0.2) is 34.1 Å². The highest BCUT2D eigenvalue weighted by molar-refractivity contribution is 5.87. The normalized spacial score (nSPS) is 17.6. The van der Waals surface area contributed by atoms with Gasteiger partial charge in [-0.15, -0.1) is 10.2 Å². The molecule has 5 heteroatoms. The lowest BCUT2D eigenvalue weighted by atomic mass is 9.97. The Balaban J connectivity index is 1.94. The summed E-state index contributed by atoms with van der Waals surface area (Å²) in [5.41, 5.74) is 0. The van der Waals surface area contributed by atoms with Crippen molar-refractivity contribution in [3.8, 4) is 0 Å². The Morgan fingerprint density at radius 3 is 2.58 bits per heavy atom. The molecule has 5 nitrogen and oxygen atoms in total. The van der Waals surface area contributed by atoms with Gasteiger partial charge in [-0.05, 0) is 25.8 Å². The zero-order valence-corrected chi connectivity index (χ0v) is 11.8. The molecule has 2 heterocycles. The number of piperidine rings is 1. The van der Waals surface area contributed by atoms with Gasteiger partial charge in [-0.1, -0.05) is 19.9 Å². The summed E-state index contributed by atoms with van der Waals surface area (Å²) < 4.78 is 5.69. The lowest BCUT2D eigenvalue weighted by Gasteiger charge is -2.29. The standard InChI is InChI=1S/C14H21N3O2/c1-4-5-12(18)17-8-6-11(7-9-17)14-16-15-13(19-14)10(2)3/h4-5,10-11H,6-9H2,1-3H3/b5-4+. The largest absolute Gasteiger partial charge is 0.425 e. The molecule has 1 saturated heterocycles. The van der Waals surface area contributed by atoms with Crippen molar-refractivity contribution in [1.29, 1.82) is 0 Å². The second-order valence-electron chi connectivity index (χ2n) is 5.23. The van der Waals surface area contributed by atoms with Gasteiger partial charge in [-0.2, -0.15) is 0 Å². The Labute approximate surface area is 113 Å². The molecular weight excluding hydrogens is 242 g/mol. The smallest absolute Gasteiger partial charge is 0.246 e. The summed E-state index contributed by atoms with van der Waals surface area (Å²) in [6.07, 6.45) is 5.18. The van der Waals surface area contributed by atoms with E-state index in [0.29, 0.717) is 5.89 Å². The van der Waals surface area contributed by atoms with Gasteiger partial charge in [0.05, 0.1) is 0 Å². The minimum absolute atomic E-state index is 0.0920. The first-order valence-corrected chi connectivity index (χ1v) is 6.86. The number of rotatable bonds is 3. The van der Waals surface area contributed by atoms with Gasteiger partial charge in [0.1, 0.15) is 0 Å². The molecule has 104 valence electrons. The molecule has 0 aliphatic carbocycles. The molecule has 1 amide bonds. The van der Waals surface area contributed by atoms with Crippen molar-refractivity contribution in [2.45, 2.75) is 45.4 Å². The summed E-state index contributed by atoms with van der Waals surface area (Å²) in [6.45, 7) is 7.45.